The molecule has 0 fully saturated rings. The van der Waals surface area contributed by atoms with Gasteiger partial charge in [0.05, 0.1) is 11.4 Å². The van der Waals surface area contributed by atoms with E-state index in [9.17, 15) is 4.79 Å². The highest BCUT2D eigenvalue weighted by molar-refractivity contribution is 5.76. The first-order chi connectivity index (χ1) is 8.67. The normalized spacial score (nSPS) is 11.0. The predicted octanol–water partition coefficient (Wildman–Crippen LogP) is 2.46. The highest BCUT2D eigenvalue weighted by Gasteiger charge is 2.08. The summed E-state index contributed by atoms with van der Waals surface area (Å²) >= 11 is 0. The third kappa shape index (κ3) is 1.62. The fraction of sp³-hybridized carbons (Fsp3) is 0.143. The maximum atomic E-state index is 10.8. The maximum Gasteiger partial charge on any atom is 0.151 e. The Morgan fingerprint density at radius 1 is 1.22 bits per heavy atom. The lowest BCUT2D eigenvalue weighted by atomic mass is 10.2. The Morgan fingerprint density at radius 2 is 2.06 bits per heavy atom. The number of rotatable bonds is 2. The van der Waals surface area contributed by atoms with Crippen LogP contribution in [0.1, 0.15) is 16.1 Å². The first-order valence-electron chi connectivity index (χ1n) is 5.75. The second kappa shape index (κ2) is 3.84. The quantitative estimate of drug-likeness (QED) is 0.644. The molecule has 0 aliphatic carbocycles. The fourth-order valence-corrected chi connectivity index (χ4v) is 2.22. The van der Waals surface area contributed by atoms with E-state index in [1.54, 1.807) is 0 Å². The fourth-order valence-electron chi connectivity index (χ4n) is 2.22. The average Bonchev–Trinajstić information content (AvgIpc) is 2.90. The molecule has 0 atom stereocenters. The van der Waals surface area contributed by atoms with E-state index < -0.39 is 0 Å². The molecule has 0 aliphatic rings. The minimum Gasteiger partial charge on any atom is -0.322 e. The van der Waals surface area contributed by atoms with Gasteiger partial charge in [0, 0.05) is 36.1 Å². The molecule has 3 heterocycles. The largest absolute Gasteiger partial charge is 0.322 e. The van der Waals surface area contributed by atoms with Gasteiger partial charge >= 0.3 is 0 Å². The molecule has 0 amide bonds. The summed E-state index contributed by atoms with van der Waals surface area (Å²) in [6.45, 7) is 1.98. The minimum absolute atomic E-state index is 0.672. The molecule has 3 aromatic heterocycles. The Labute approximate surface area is 104 Å². The van der Waals surface area contributed by atoms with Gasteiger partial charge in [0.2, 0.25) is 0 Å². The van der Waals surface area contributed by atoms with Gasteiger partial charge in [-0.25, -0.2) is 0 Å². The third-order valence-electron chi connectivity index (χ3n) is 3.05. The van der Waals surface area contributed by atoms with Crippen LogP contribution in [-0.2, 0) is 7.05 Å². The number of fused-ring (bicyclic) bond motifs is 1. The van der Waals surface area contributed by atoms with Crippen LogP contribution >= 0.6 is 0 Å². The molecule has 90 valence electrons. The van der Waals surface area contributed by atoms with Crippen LogP contribution in [0.2, 0.25) is 0 Å². The first kappa shape index (κ1) is 10.8. The number of pyridine rings is 1. The topological polar surface area (TPSA) is 39.3 Å². The summed E-state index contributed by atoms with van der Waals surface area (Å²) in [5.74, 6) is 0. The summed E-state index contributed by atoms with van der Waals surface area (Å²) in [7, 11) is 1.93. The summed E-state index contributed by atoms with van der Waals surface area (Å²) in [6.07, 6.45) is 4.70. The second-order valence-electron chi connectivity index (χ2n) is 4.44. The lowest BCUT2D eigenvalue weighted by molar-refractivity contribution is 0.112. The van der Waals surface area contributed by atoms with Crippen molar-refractivity contribution in [2.75, 3.05) is 0 Å². The molecule has 3 aromatic rings. The monoisotopic (exact) mass is 239 g/mol. The summed E-state index contributed by atoms with van der Waals surface area (Å²) in [5.41, 5.74) is 4.90. The van der Waals surface area contributed by atoms with E-state index in [0.717, 1.165) is 28.8 Å². The highest BCUT2D eigenvalue weighted by Crippen LogP contribution is 2.23. The van der Waals surface area contributed by atoms with Crippen molar-refractivity contribution in [3.05, 3.63) is 47.9 Å². The van der Waals surface area contributed by atoms with Crippen LogP contribution < -0.4 is 0 Å². The van der Waals surface area contributed by atoms with Crippen molar-refractivity contribution >= 4 is 11.8 Å². The van der Waals surface area contributed by atoms with E-state index in [1.165, 1.54) is 0 Å². The predicted molar refractivity (Wildman–Crippen MR) is 69.7 cm³/mol. The lowest BCUT2D eigenvalue weighted by Gasteiger charge is -1.96. The SMILES string of the molecule is Cc1cc(-c2cc3ccc(C=O)cn3c2)n(C)n1. The molecule has 4 nitrogen and oxygen atoms in total. The summed E-state index contributed by atoms with van der Waals surface area (Å²) in [4.78, 5) is 10.8. The van der Waals surface area contributed by atoms with Crippen molar-refractivity contribution in [3.8, 4) is 11.3 Å². The lowest BCUT2D eigenvalue weighted by Crippen LogP contribution is -1.92. The van der Waals surface area contributed by atoms with E-state index in [-0.39, 0.29) is 0 Å². The van der Waals surface area contributed by atoms with E-state index in [2.05, 4.69) is 17.2 Å². The van der Waals surface area contributed by atoms with Crippen LogP contribution in [0.25, 0.3) is 16.8 Å². The number of aryl methyl sites for hydroxylation is 2. The van der Waals surface area contributed by atoms with Gasteiger partial charge in [-0.2, -0.15) is 5.10 Å². The molecule has 0 unspecified atom stereocenters. The molecular weight excluding hydrogens is 226 g/mol. The molecule has 0 saturated carbocycles. The van der Waals surface area contributed by atoms with Gasteiger partial charge in [-0.05, 0) is 31.2 Å². The molecule has 0 spiro atoms. The van der Waals surface area contributed by atoms with Crippen LogP contribution in [0.5, 0.6) is 0 Å². The van der Waals surface area contributed by atoms with Gasteiger partial charge in [0.25, 0.3) is 0 Å². The van der Waals surface area contributed by atoms with Crippen LogP contribution in [0, 0.1) is 6.92 Å². The van der Waals surface area contributed by atoms with Crippen molar-refractivity contribution in [2.24, 2.45) is 7.05 Å². The van der Waals surface area contributed by atoms with Crippen LogP contribution in [0.3, 0.4) is 0 Å². The summed E-state index contributed by atoms with van der Waals surface area (Å²) in [5, 5.41) is 4.34. The number of aromatic nitrogens is 3. The zero-order valence-corrected chi connectivity index (χ0v) is 10.3. The van der Waals surface area contributed by atoms with Gasteiger partial charge in [-0.3, -0.25) is 9.48 Å². The summed E-state index contributed by atoms with van der Waals surface area (Å²) in [6, 6.07) is 7.90. The second-order valence-corrected chi connectivity index (χ2v) is 4.44. The molecule has 18 heavy (non-hydrogen) atoms. The van der Waals surface area contributed by atoms with Crippen molar-refractivity contribution in [3.63, 3.8) is 0 Å². The molecule has 0 saturated heterocycles. The van der Waals surface area contributed by atoms with Crippen molar-refractivity contribution in [1.29, 1.82) is 0 Å². The van der Waals surface area contributed by atoms with Crippen molar-refractivity contribution in [2.45, 2.75) is 6.92 Å². The Bertz CT molecular complexity index is 737. The Hall–Kier alpha value is -2.36. The van der Waals surface area contributed by atoms with E-state index in [1.807, 2.05) is 47.6 Å². The smallest absolute Gasteiger partial charge is 0.151 e. The molecular formula is C14H13N3O. The van der Waals surface area contributed by atoms with Crippen molar-refractivity contribution in [1.82, 2.24) is 14.2 Å². The number of carbonyl (C=O) groups excluding carboxylic acids is 1. The average molecular weight is 239 g/mol. The van der Waals surface area contributed by atoms with Crippen LogP contribution in [0.15, 0.2) is 36.7 Å². The van der Waals surface area contributed by atoms with E-state index >= 15 is 0 Å². The standard InChI is InChI=1S/C14H13N3O/c1-10-5-14(16(2)15-10)12-6-13-4-3-11(9-18)7-17(13)8-12/h3-9H,1-2H3. The number of hydrogen-bond donors (Lipinski definition) is 0. The van der Waals surface area contributed by atoms with Crippen LogP contribution in [-0.4, -0.2) is 20.5 Å². The van der Waals surface area contributed by atoms with E-state index in [0.29, 0.717) is 5.56 Å². The third-order valence-corrected chi connectivity index (χ3v) is 3.05. The zero-order chi connectivity index (χ0) is 12.7. The summed E-state index contributed by atoms with van der Waals surface area (Å²) < 4.78 is 3.83. The van der Waals surface area contributed by atoms with Gasteiger partial charge in [-0.15, -0.1) is 0 Å². The molecule has 0 aliphatic heterocycles. The molecule has 3 rings (SSSR count). The van der Waals surface area contributed by atoms with Gasteiger partial charge in [0.15, 0.2) is 6.29 Å². The number of carbonyl (C=O) groups is 1. The van der Waals surface area contributed by atoms with Gasteiger partial charge < -0.3 is 4.40 Å². The van der Waals surface area contributed by atoms with Gasteiger partial charge in [-0.1, -0.05) is 0 Å². The zero-order valence-electron chi connectivity index (χ0n) is 10.3. The van der Waals surface area contributed by atoms with Crippen molar-refractivity contribution < 1.29 is 4.79 Å². The Balaban J connectivity index is 2.18. The molecule has 0 radical (unpaired) electrons. The number of nitrogens with zero attached hydrogens (tertiary/aromatic N) is 3. The molecule has 0 aromatic carbocycles. The molecule has 4 heteroatoms. The van der Waals surface area contributed by atoms with Gasteiger partial charge in [0.1, 0.15) is 0 Å². The number of hydrogen-bond acceptors (Lipinski definition) is 2. The Kier molecular flexibility index (Phi) is 2.30. The van der Waals surface area contributed by atoms with E-state index in [4.69, 9.17) is 0 Å². The highest BCUT2D eigenvalue weighted by atomic mass is 16.1. The Morgan fingerprint density at radius 3 is 2.72 bits per heavy atom. The number of aldehydes is 1. The minimum atomic E-state index is 0.672. The molecule has 0 N–H and O–H groups in total. The van der Waals surface area contributed by atoms with Crippen LogP contribution in [0.4, 0.5) is 0 Å². The first-order valence-corrected chi connectivity index (χ1v) is 5.75. The molecule has 0 bridgehead atoms. The maximum absolute atomic E-state index is 10.8.